The molecule has 0 saturated carbocycles. The summed E-state index contributed by atoms with van der Waals surface area (Å²) in [5.41, 5.74) is 3.03. The summed E-state index contributed by atoms with van der Waals surface area (Å²) in [5, 5.41) is 26.8. The van der Waals surface area contributed by atoms with Gasteiger partial charge in [0.1, 0.15) is 24.2 Å². The van der Waals surface area contributed by atoms with Gasteiger partial charge in [-0.15, -0.1) is 0 Å². The first-order valence-corrected chi connectivity index (χ1v) is 12.3. The lowest BCUT2D eigenvalue weighted by atomic mass is 10.0. The fraction of sp³-hybridized carbons (Fsp3) is 0.333. The van der Waals surface area contributed by atoms with E-state index in [1.165, 1.54) is 0 Å². The first-order valence-electron chi connectivity index (χ1n) is 12.3. The number of benzene rings is 2. The molecule has 0 aliphatic rings. The molecule has 0 spiro atoms. The number of amides is 2. The maximum Gasteiger partial charge on any atom is 0.243 e. The number of aromatic nitrogens is 2. The normalized spacial score (nSPS) is 12.1. The van der Waals surface area contributed by atoms with E-state index >= 15 is 0 Å². The number of fused-ring (bicyclic) bond motifs is 2. The Morgan fingerprint density at radius 3 is 2.13 bits per heavy atom. The fourth-order valence-electron chi connectivity index (χ4n) is 4.24. The number of carbonyl (C=O) groups is 2. The second-order valence-corrected chi connectivity index (χ2v) is 8.79. The molecule has 1 atom stereocenters. The average Bonchev–Trinajstić information content (AvgIpc) is 3.48. The van der Waals surface area contributed by atoms with Crippen molar-refractivity contribution in [1.82, 2.24) is 20.6 Å². The highest BCUT2D eigenvalue weighted by atomic mass is 19.1. The number of H-pyrrole nitrogens is 2. The van der Waals surface area contributed by atoms with Crippen LogP contribution in [0.5, 0.6) is 11.5 Å². The number of aromatic hydroxyl groups is 2. The van der Waals surface area contributed by atoms with Crippen molar-refractivity contribution in [2.45, 2.75) is 18.9 Å². The highest BCUT2D eigenvalue weighted by Gasteiger charge is 2.23. The minimum atomic E-state index is -0.893. The van der Waals surface area contributed by atoms with Crippen LogP contribution in [-0.4, -0.2) is 77.7 Å². The van der Waals surface area contributed by atoms with Crippen LogP contribution in [0.3, 0.4) is 0 Å². The maximum absolute atomic E-state index is 13.1. The number of ether oxygens (including phenoxy) is 2. The Balaban J connectivity index is 1.41. The Morgan fingerprint density at radius 1 is 0.868 bits per heavy atom. The number of alkyl halides is 1. The summed E-state index contributed by atoms with van der Waals surface area (Å²) in [6, 6.07) is 8.89. The van der Waals surface area contributed by atoms with E-state index in [4.69, 9.17) is 9.47 Å². The Hall–Kier alpha value is -4.09. The Bertz CT molecular complexity index is 1380. The number of rotatable bonds is 14. The van der Waals surface area contributed by atoms with E-state index < -0.39 is 12.7 Å². The summed E-state index contributed by atoms with van der Waals surface area (Å²) in [7, 11) is 0. The van der Waals surface area contributed by atoms with Gasteiger partial charge in [-0.3, -0.25) is 9.59 Å². The molecule has 0 bridgehead atoms. The second kappa shape index (κ2) is 12.9. The van der Waals surface area contributed by atoms with Crippen LogP contribution in [0, 0.1) is 0 Å². The van der Waals surface area contributed by atoms with Gasteiger partial charge in [0.25, 0.3) is 0 Å². The van der Waals surface area contributed by atoms with Gasteiger partial charge in [0.15, 0.2) is 0 Å². The molecule has 0 saturated heterocycles. The maximum atomic E-state index is 13.1. The first kappa shape index (κ1) is 27.0. The van der Waals surface area contributed by atoms with Gasteiger partial charge in [-0.2, -0.15) is 0 Å². The van der Waals surface area contributed by atoms with Crippen LogP contribution in [0.2, 0.25) is 0 Å². The SMILES string of the molecule is O=C(Cc1c[nH]c2ccc(O)cc12)NC(Cc1c[nH]c2ccc(O)cc12)C(=O)NCCOCCOCCF. The molecule has 2 aromatic heterocycles. The van der Waals surface area contributed by atoms with Crippen LogP contribution in [0.1, 0.15) is 11.1 Å². The fourth-order valence-corrected chi connectivity index (χ4v) is 4.24. The van der Waals surface area contributed by atoms with Gasteiger partial charge in [0, 0.05) is 47.2 Å². The van der Waals surface area contributed by atoms with Gasteiger partial charge in [0.2, 0.25) is 11.8 Å². The smallest absolute Gasteiger partial charge is 0.243 e. The Morgan fingerprint density at radius 2 is 1.47 bits per heavy atom. The van der Waals surface area contributed by atoms with Crippen molar-refractivity contribution in [3.05, 3.63) is 59.9 Å². The molecule has 38 heavy (non-hydrogen) atoms. The zero-order valence-electron chi connectivity index (χ0n) is 20.8. The molecule has 10 nitrogen and oxygen atoms in total. The molecule has 1 unspecified atom stereocenters. The van der Waals surface area contributed by atoms with E-state index in [0.717, 1.165) is 27.4 Å². The number of hydrogen-bond acceptors (Lipinski definition) is 6. The van der Waals surface area contributed by atoms with Gasteiger partial charge in [-0.1, -0.05) is 0 Å². The van der Waals surface area contributed by atoms with Crippen molar-refractivity contribution in [3.63, 3.8) is 0 Å². The van der Waals surface area contributed by atoms with Gasteiger partial charge >= 0.3 is 0 Å². The topological polar surface area (TPSA) is 149 Å². The number of aromatic amines is 2. The number of phenolic OH excluding ortho intramolecular Hbond substituents is 2. The van der Waals surface area contributed by atoms with Gasteiger partial charge in [-0.05, 0) is 47.5 Å². The quantitative estimate of drug-likeness (QED) is 0.139. The predicted octanol–water partition coefficient (Wildman–Crippen LogP) is 2.45. The summed E-state index contributed by atoms with van der Waals surface area (Å²) >= 11 is 0. The molecule has 2 heterocycles. The monoisotopic (exact) mass is 526 g/mol. The number of carbonyl (C=O) groups excluding carboxylic acids is 2. The third kappa shape index (κ3) is 7.02. The van der Waals surface area contributed by atoms with E-state index in [9.17, 15) is 24.2 Å². The van der Waals surface area contributed by atoms with E-state index in [1.54, 1.807) is 48.8 Å². The second-order valence-electron chi connectivity index (χ2n) is 8.79. The van der Waals surface area contributed by atoms with Crippen molar-refractivity contribution >= 4 is 33.6 Å². The molecule has 6 N–H and O–H groups in total. The van der Waals surface area contributed by atoms with Crippen LogP contribution in [0.15, 0.2) is 48.8 Å². The van der Waals surface area contributed by atoms with E-state index in [0.29, 0.717) is 5.56 Å². The summed E-state index contributed by atoms with van der Waals surface area (Å²) in [5.74, 6) is -0.562. The zero-order chi connectivity index (χ0) is 26.9. The standard InChI is InChI=1S/C27H31FN4O6/c28-5-7-37-9-10-38-8-6-29-27(36)25(11-17-15-30-23-3-1-19(33)13-21(17)23)32-26(35)12-18-16-31-24-4-2-20(34)14-22(18)24/h1-4,13-16,25,30-31,33-34H,5-12H2,(H,29,36)(H,32,35). The molecule has 11 heteroatoms. The summed E-state index contributed by atoms with van der Waals surface area (Å²) in [6.45, 7) is 0.440. The molecule has 4 aromatic rings. The molecular weight excluding hydrogens is 495 g/mol. The molecule has 4 rings (SSSR count). The lowest BCUT2D eigenvalue weighted by molar-refractivity contribution is -0.128. The molecule has 0 aliphatic carbocycles. The number of nitrogens with one attached hydrogen (secondary N) is 4. The van der Waals surface area contributed by atoms with Crippen LogP contribution in [0.25, 0.3) is 21.8 Å². The predicted molar refractivity (Wildman–Crippen MR) is 140 cm³/mol. The number of hydrogen-bond donors (Lipinski definition) is 6. The van der Waals surface area contributed by atoms with E-state index in [-0.39, 0.29) is 69.1 Å². The molecule has 0 fully saturated rings. The molecule has 2 amide bonds. The first-order chi connectivity index (χ1) is 18.4. The molecule has 202 valence electrons. The largest absolute Gasteiger partial charge is 0.508 e. The van der Waals surface area contributed by atoms with Crippen molar-refractivity contribution in [1.29, 1.82) is 0 Å². The van der Waals surface area contributed by atoms with Crippen LogP contribution < -0.4 is 10.6 Å². The van der Waals surface area contributed by atoms with Crippen LogP contribution >= 0.6 is 0 Å². The van der Waals surface area contributed by atoms with Crippen molar-refractivity contribution in [2.75, 3.05) is 39.6 Å². The average molecular weight is 527 g/mol. The molecule has 2 aromatic carbocycles. The van der Waals surface area contributed by atoms with Crippen molar-refractivity contribution < 1.29 is 33.7 Å². The van der Waals surface area contributed by atoms with Crippen molar-refractivity contribution in [3.8, 4) is 11.5 Å². The van der Waals surface area contributed by atoms with E-state index in [2.05, 4.69) is 20.6 Å². The lowest BCUT2D eigenvalue weighted by Crippen LogP contribution is -2.49. The summed E-state index contributed by atoms with van der Waals surface area (Å²) in [4.78, 5) is 32.3. The number of halogens is 1. The highest BCUT2D eigenvalue weighted by Crippen LogP contribution is 2.25. The third-order valence-corrected chi connectivity index (χ3v) is 6.07. The van der Waals surface area contributed by atoms with Gasteiger partial charge < -0.3 is 40.3 Å². The molecular formula is C27H31FN4O6. The van der Waals surface area contributed by atoms with Gasteiger partial charge in [0.05, 0.1) is 32.8 Å². The van der Waals surface area contributed by atoms with Gasteiger partial charge in [-0.25, -0.2) is 4.39 Å². The third-order valence-electron chi connectivity index (χ3n) is 6.07. The minimum absolute atomic E-state index is 0.00387. The zero-order valence-corrected chi connectivity index (χ0v) is 20.8. The molecule has 0 radical (unpaired) electrons. The van der Waals surface area contributed by atoms with Crippen LogP contribution in [0.4, 0.5) is 4.39 Å². The lowest BCUT2D eigenvalue weighted by Gasteiger charge is -2.18. The summed E-state index contributed by atoms with van der Waals surface area (Å²) < 4.78 is 22.4. The summed E-state index contributed by atoms with van der Waals surface area (Å²) in [6.07, 6.45) is 3.65. The number of phenols is 2. The Labute approximate surface area is 218 Å². The Kier molecular flexibility index (Phi) is 9.17. The minimum Gasteiger partial charge on any atom is -0.508 e. The molecule has 0 aliphatic heterocycles. The van der Waals surface area contributed by atoms with Crippen LogP contribution in [-0.2, 0) is 31.9 Å². The highest BCUT2D eigenvalue weighted by molar-refractivity contribution is 5.93. The van der Waals surface area contributed by atoms with E-state index in [1.807, 2.05) is 0 Å². The van der Waals surface area contributed by atoms with Crippen molar-refractivity contribution in [2.24, 2.45) is 0 Å².